The number of aldehydes is 1. The lowest BCUT2D eigenvalue weighted by Gasteiger charge is -2.38. The maximum Gasteiger partial charge on any atom is 0.318 e. The summed E-state index contributed by atoms with van der Waals surface area (Å²) in [4.78, 5) is 38.1. The molecule has 3 aromatic rings. The van der Waals surface area contributed by atoms with Crippen LogP contribution in [0.1, 0.15) is 33.2 Å². The molecule has 41 heavy (non-hydrogen) atoms. The lowest BCUT2D eigenvalue weighted by atomic mass is 10.1. The first kappa shape index (κ1) is 33.1. The van der Waals surface area contributed by atoms with Crippen LogP contribution >= 0.6 is 11.6 Å². The second-order valence-electron chi connectivity index (χ2n) is 8.81. The molecule has 0 saturated carbocycles. The van der Waals surface area contributed by atoms with E-state index in [0.717, 1.165) is 15.5 Å². The van der Waals surface area contributed by atoms with E-state index in [1.54, 1.807) is 32.3 Å². The Morgan fingerprint density at radius 2 is 2.02 bits per heavy atom. The van der Waals surface area contributed by atoms with Crippen LogP contribution in [0.4, 0.5) is 19.4 Å². The van der Waals surface area contributed by atoms with Crippen molar-refractivity contribution in [1.82, 2.24) is 25.7 Å². The largest absolute Gasteiger partial charge is 0.382 e. The molecule has 3 heterocycles. The second kappa shape index (κ2) is 16.2. The Kier molecular flexibility index (Phi) is 13.1. The molecule has 1 saturated heterocycles. The Bertz CT molecular complexity index is 1270. The highest BCUT2D eigenvalue weighted by atomic mass is 35.5. The van der Waals surface area contributed by atoms with Gasteiger partial charge in [-0.3, -0.25) is 4.79 Å². The van der Waals surface area contributed by atoms with E-state index in [1.165, 1.54) is 13.4 Å². The number of nitrogens with one attached hydrogen (secondary N) is 3. The smallest absolute Gasteiger partial charge is 0.318 e. The van der Waals surface area contributed by atoms with Crippen LogP contribution in [0, 0.1) is 13.8 Å². The highest BCUT2D eigenvalue weighted by molar-refractivity contribution is 6.31. The van der Waals surface area contributed by atoms with Crippen molar-refractivity contribution in [2.45, 2.75) is 25.8 Å². The first-order chi connectivity index (χ1) is 19.5. The number of pyridine rings is 1. The number of aryl methyl sites for hydroxylation is 2. The van der Waals surface area contributed by atoms with E-state index in [-0.39, 0.29) is 18.8 Å². The van der Waals surface area contributed by atoms with Gasteiger partial charge in [0, 0.05) is 30.9 Å². The highest BCUT2D eigenvalue weighted by Crippen LogP contribution is 2.28. The van der Waals surface area contributed by atoms with Crippen molar-refractivity contribution >= 4 is 35.6 Å². The fraction of sp³-hybridized carbons (Fsp3) is 0.370. The number of halogens is 3. The Balaban J connectivity index is 0.000000246. The monoisotopic (exact) mass is 594 g/mol. The Morgan fingerprint density at radius 3 is 2.59 bits per heavy atom. The van der Waals surface area contributed by atoms with Crippen LogP contribution in [0.5, 0.6) is 0 Å². The number of hydrogen-bond donors (Lipinski definition) is 3. The van der Waals surface area contributed by atoms with E-state index in [2.05, 4.69) is 30.6 Å². The molecule has 1 atom stereocenters. The van der Waals surface area contributed by atoms with E-state index in [0.29, 0.717) is 23.2 Å². The zero-order valence-electron chi connectivity index (χ0n) is 23.1. The minimum absolute atomic E-state index is 0.00880. The first-order valence-corrected chi connectivity index (χ1v) is 12.8. The Hall–Kier alpha value is -4.10. The number of aromatic nitrogens is 2. The minimum Gasteiger partial charge on any atom is -0.382 e. The van der Waals surface area contributed by atoms with E-state index >= 15 is 0 Å². The number of urea groups is 1. The first-order valence-electron chi connectivity index (χ1n) is 12.4. The highest BCUT2D eigenvalue weighted by Gasteiger charge is 2.42. The van der Waals surface area contributed by atoms with Gasteiger partial charge < -0.3 is 34.9 Å². The summed E-state index contributed by atoms with van der Waals surface area (Å²) in [5.74, 6) is -2.76. The molecule has 0 aliphatic carbocycles. The van der Waals surface area contributed by atoms with Gasteiger partial charge in [0.25, 0.3) is 11.8 Å². The van der Waals surface area contributed by atoms with Crippen LogP contribution < -0.4 is 16.0 Å². The van der Waals surface area contributed by atoms with Gasteiger partial charge in [-0.1, -0.05) is 35.0 Å². The summed E-state index contributed by atoms with van der Waals surface area (Å²) in [5.41, 5.74) is 2.69. The van der Waals surface area contributed by atoms with Crippen molar-refractivity contribution < 1.29 is 32.4 Å². The van der Waals surface area contributed by atoms with Crippen LogP contribution in [0.25, 0.3) is 0 Å². The predicted octanol–water partition coefficient (Wildman–Crippen LogP) is 4.03. The molecule has 1 fully saturated rings. The molecule has 0 radical (unpaired) electrons. The van der Waals surface area contributed by atoms with Gasteiger partial charge in [0.1, 0.15) is 18.4 Å². The van der Waals surface area contributed by atoms with Gasteiger partial charge >= 0.3 is 6.03 Å². The number of amides is 3. The molecule has 1 aliphatic rings. The lowest BCUT2D eigenvalue weighted by molar-refractivity contribution is -0.107. The summed E-state index contributed by atoms with van der Waals surface area (Å²) in [6.07, 6.45) is 3.53. The Labute approximate surface area is 241 Å². The number of rotatable bonds is 8. The van der Waals surface area contributed by atoms with Gasteiger partial charge in [0.2, 0.25) is 0 Å². The van der Waals surface area contributed by atoms with Crippen molar-refractivity contribution in [1.29, 1.82) is 0 Å². The van der Waals surface area contributed by atoms with Crippen molar-refractivity contribution in [2.75, 3.05) is 45.7 Å². The minimum atomic E-state index is -2.96. The molecule has 14 heteroatoms. The quantitative estimate of drug-likeness (QED) is 0.332. The van der Waals surface area contributed by atoms with Crippen LogP contribution in [-0.4, -0.2) is 79.6 Å². The number of carbonyl (C=O) groups is 3. The average Bonchev–Trinajstić information content (AvgIpc) is 3.40. The molecular formula is C27H33ClF2N6O5. The third-order valence-electron chi connectivity index (χ3n) is 5.67. The number of ether oxygens (including phenoxy) is 1. The number of carbonyl (C=O) groups excluding carboxylic acids is 3. The summed E-state index contributed by atoms with van der Waals surface area (Å²) in [5, 5.41) is 11.7. The number of alkyl halides is 2. The summed E-state index contributed by atoms with van der Waals surface area (Å²) in [6.45, 7) is 2.53. The predicted molar refractivity (Wildman–Crippen MR) is 149 cm³/mol. The molecule has 222 valence electrons. The average molecular weight is 595 g/mol. The summed E-state index contributed by atoms with van der Waals surface area (Å²) in [6, 6.07) is 10.0. The topological polar surface area (TPSA) is 139 Å². The standard InChI is InChI=1S/C13H18F2N4O2.C7H7Cl.C7H8N2O3/c1-16-11-5-9(3-4-17-11)10(6-21-2)19-8-13(14,15)7-18-12(19)20;1-6-4-2-3-5-7(6)8;1-5-4-12-9-6(5)7(11)8-2-3-10/h3-5,10H,6-8H2,1-2H3,(H,16,17)(H,18,20);2-5H,1H3;3-4H,2H2,1H3,(H,8,11). The fourth-order valence-corrected chi connectivity index (χ4v) is 3.66. The lowest BCUT2D eigenvalue weighted by Crippen LogP contribution is -2.58. The zero-order chi connectivity index (χ0) is 30.4. The molecule has 1 aliphatic heterocycles. The third-order valence-corrected chi connectivity index (χ3v) is 6.10. The number of nitrogens with zero attached hydrogens (tertiary/aromatic N) is 3. The van der Waals surface area contributed by atoms with E-state index in [4.69, 9.17) is 16.3 Å². The van der Waals surface area contributed by atoms with Gasteiger partial charge in [-0.15, -0.1) is 0 Å². The fourth-order valence-electron chi connectivity index (χ4n) is 3.53. The third kappa shape index (κ3) is 10.4. The molecule has 11 nitrogen and oxygen atoms in total. The van der Waals surface area contributed by atoms with Crippen molar-refractivity contribution in [3.8, 4) is 0 Å². The van der Waals surface area contributed by atoms with Crippen molar-refractivity contribution in [3.05, 3.63) is 76.3 Å². The number of anilines is 1. The van der Waals surface area contributed by atoms with E-state index in [9.17, 15) is 23.2 Å². The SMILES string of the molecule is CNc1cc(C(COC)N2CC(F)(F)CNC2=O)ccn1.Cc1ccccc1Cl.Cc1conc1C(=O)NCC=O. The van der Waals surface area contributed by atoms with Gasteiger partial charge in [-0.25, -0.2) is 18.6 Å². The van der Waals surface area contributed by atoms with Gasteiger partial charge in [-0.05, 0) is 43.2 Å². The van der Waals surface area contributed by atoms with Crippen LogP contribution in [0.2, 0.25) is 5.02 Å². The van der Waals surface area contributed by atoms with E-state index in [1.807, 2.05) is 31.2 Å². The second-order valence-corrected chi connectivity index (χ2v) is 9.22. The molecular weight excluding hydrogens is 562 g/mol. The van der Waals surface area contributed by atoms with Crippen LogP contribution in [0.3, 0.4) is 0 Å². The number of hydrogen-bond acceptors (Lipinski definition) is 8. The van der Waals surface area contributed by atoms with Crippen molar-refractivity contribution in [3.63, 3.8) is 0 Å². The van der Waals surface area contributed by atoms with Gasteiger partial charge in [0.15, 0.2) is 5.69 Å². The van der Waals surface area contributed by atoms with Gasteiger partial charge in [-0.2, -0.15) is 0 Å². The number of benzene rings is 1. The van der Waals surface area contributed by atoms with Crippen LogP contribution in [0.15, 0.2) is 53.4 Å². The Morgan fingerprint density at radius 1 is 1.29 bits per heavy atom. The molecule has 1 aromatic carbocycles. The maximum absolute atomic E-state index is 13.6. The maximum atomic E-state index is 13.6. The van der Waals surface area contributed by atoms with Gasteiger partial charge in [0.05, 0.1) is 32.3 Å². The van der Waals surface area contributed by atoms with Crippen LogP contribution in [-0.2, 0) is 9.53 Å². The normalized spacial score (nSPS) is 14.3. The summed E-state index contributed by atoms with van der Waals surface area (Å²) < 4.78 is 36.8. The molecule has 4 rings (SSSR count). The molecule has 0 spiro atoms. The molecule has 1 unspecified atom stereocenters. The van der Waals surface area contributed by atoms with Crippen molar-refractivity contribution in [2.24, 2.45) is 0 Å². The molecule has 3 amide bonds. The molecule has 3 N–H and O–H groups in total. The van der Waals surface area contributed by atoms with E-state index < -0.39 is 37.0 Å². The molecule has 0 bridgehead atoms. The summed E-state index contributed by atoms with van der Waals surface area (Å²) >= 11 is 5.71. The summed E-state index contributed by atoms with van der Waals surface area (Å²) in [7, 11) is 3.17. The number of methoxy groups -OCH3 is 1. The molecule has 2 aromatic heterocycles. The zero-order valence-corrected chi connectivity index (χ0v) is 23.9.